The summed E-state index contributed by atoms with van der Waals surface area (Å²) in [4.78, 5) is 15.8. The summed E-state index contributed by atoms with van der Waals surface area (Å²) in [6.07, 6.45) is 11.2. The average Bonchev–Trinajstić information content (AvgIpc) is 2.70. The average molecular weight is 290 g/mol. The van der Waals surface area contributed by atoms with Gasteiger partial charge in [-0.1, -0.05) is 19.3 Å². The number of nitrogens with one attached hydrogen (secondary N) is 1. The lowest BCUT2D eigenvalue weighted by atomic mass is 9.95. The van der Waals surface area contributed by atoms with Gasteiger partial charge in [-0.2, -0.15) is 0 Å². The van der Waals surface area contributed by atoms with Gasteiger partial charge < -0.3 is 15.5 Å². The second kappa shape index (κ2) is 7.78. The number of aromatic hydroxyl groups is 1. The van der Waals surface area contributed by atoms with Crippen LogP contribution < -0.4 is 5.32 Å². The first-order valence-corrected chi connectivity index (χ1v) is 7.42. The summed E-state index contributed by atoms with van der Waals surface area (Å²) in [6.45, 7) is 0.116. The molecular formula is C16H22N2O3. The Morgan fingerprint density at radius 1 is 1.33 bits per heavy atom. The van der Waals surface area contributed by atoms with Gasteiger partial charge in [0.1, 0.15) is 5.75 Å². The van der Waals surface area contributed by atoms with E-state index in [-0.39, 0.29) is 30.2 Å². The summed E-state index contributed by atoms with van der Waals surface area (Å²) in [5, 5.41) is 21.7. The highest BCUT2D eigenvalue weighted by Crippen LogP contribution is 2.23. The molecule has 2 atom stereocenters. The second-order valence-electron chi connectivity index (χ2n) is 5.51. The molecule has 0 saturated heterocycles. The summed E-state index contributed by atoms with van der Waals surface area (Å²) in [5.41, 5.74) is 0.671. The number of hydrogen-bond acceptors (Lipinski definition) is 4. The fraction of sp³-hybridized carbons (Fsp3) is 0.500. The molecule has 5 nitrogen and oxygen atoms in total. The van der Waals surface area contributed by atoms with Crippen LogP contribution in [0.4, 0.5) is 0 Å². The van der Waals surface area contributed by atoms with Gasteiger partial charge in [0.15, 0.2) is 0 Å². The molecule has 0 radical (unpaired) electrons. The van der Waals surface area contributed by atoms with E-state index in [9.17, 15) is 15.0 Å². The Morgan fingerprint density at radius 3 is 2.90 bits per heavy atom. The quantitative estimate of drug-likeness (QED) is 0.584. The summed E-state index contributed by atoms with van der Waals surface area (Å²) < 4.78 is 0. The van der Waals surface area contributed by atoms with Crippen molar-refractivity contribution in [3.8, 4) is 5.75 Å². The third-order valence-electron chi connectivity index (χ3n) is 3.89. The molecule has 0 bridgehead atoms. The Balaban J connectivity index is 1.93. The smallest absolute Gasteiger partial charge is 0.244 e. The molecule has 5 heteroatoms. The summed E-state index contributed by atoms with van der Waals surface area (Å²) >= 11 is 0. The molecule has 2 rings (SSSR count). The third-order valence-corrected chi connectivity index (χ3v) is 3.89. The van der Waals surface area contributed by atoms with Crippen LogP contribution in [0, 0.1) is 5.92 Å². The van der Waals surface area contributed by atoms with Gasteiger partial charge in [-0.05, 0) is 30.5 Å². The van der Waals surface area contributed by atoms with Crippen LogP contribution in [-0.2, 0) is 4.79 Å². The number of aliphatic hydroxyl groups is 1. The van der Waals surface area contributed by atoms with Gasteiger partial charge in [0.2, 0.25) is 5.91 Å². The number of aromatic nitrogens is 1. The van der Waals surface area contributed by atoms with E-state index in [1.165, 1.54) is 12.3 Å². The number of amides is 1. The van der Waals surface area contributed by atoms with Crippen LogP contribution >= 0.6 is 0 Å². The predicted molar refractivity (Wildman–Crippen MR) is 80.5 cm³/mol. The minimum absolute atomic E-state index is 0.0388. The Bertz CT molecular complexity index is 502. The van der Waals surface area contributed by atoms with Crippen LogP contribution in [0.15, 0.2) is 24.5 Å². The van der Waals surface area contributed by atoms with E-state index in [1.807, 2.05) is 0 Å². The zero-order valence-corrected chi connectivity index (χ0v) is 12.0. The monoisotopic (exact) mass is 290 g/mol. The van der Waals surface area contributed by atoms with Gasteiger partial charge in [0, 0.05) is 30.8 Å². The van der Waals surface area contributed by atoms with E-state index in [4.69, 9.17) is 0 Å². The Labute approximate surface area is 124 Å². The highest BCUT2D eigenvalue weighted by molar-refractivity contribution is 5.91. The van der Waals surface area contributed by atoms with Crippen LogP contribution in [0.1, 0.15) is 37.7 Å². The molecule has 0 aliphatic heterocycles. The highest BCUT2D eigenvalue weighted by Gasteiger charge is 2.23. The molecule has 2 unspecified atom stereocenters. The lowest BCUT2D eigenvalue weighted by Crippen LogP contribution is -2.40. The maximum absolute atomic E-state index is 12.0. The fourth-order valence-electron chi connectivity index (χ4n) is 2.73. The van der Waals surface area contributed by atoms with E-state index in [0.717, 1.165) is 32.1 Å². The van der Waals surface area contributed by atoms with Gasteiger partial charge in [0.05, 0.1) is 6.20 Å². The second-order valence-corrected chi connectivity index (χ2v) is 5.51. The number of aliphatic hydroxyl groups excluding tert-OH is 1. The molecule has 21 heavy (non-hydrogen) atoms. The molecule has 1 saturated carbocycles. The SMILES string of the molecule is O=C(/C=C/c1cncc(O)c1)NC1CCCCCC1CO. The molecule has 1 fully saturated rings. The highest BCUT2D eigenvalue weighted by atomic mass is 16.3. The number of carbonyl (C=O) groups excluding carboxylic acids is 1. The van der Waals surface area contributed by atoms with Crippen molar-refractivity contribution in [3.63, 3.8) is 0 Å². The van der Waals surface area contributed by atoms with Crippen LogP contribution in [0.25, 0.3) is 6.08 Å². The summed E-state index contributed by atoms with van der Waals surface area (Å²) in [5.74, 6) is 0.0395. The van der Waals surface area contributed by atoms with Gasteiger partial charge in [-0.15, -0.1) is 0 Å². The molecule has 1 aliphatic rings. The topological polar surface area (TPSA) is 82.5 Å². The van der Waals surface area contributed by atoms with E-state index in [0.29, 0.717) is 5.56 Å². The summed E-state index contributed by atoms with van der Waals surface area (Å²) in [7, 11) is 0. The van der Waals surface area contributed by atoms with Crippen molar-refractivity contribution in [2.45, 2.75) is 38.1 Å². The zero-order chi connectivity index (χ0) is 15.1. The Hall–Kier alpha value is -1.88. The number of rotatable bonds is 4. The van der Waals surface area contributed by atoms with Gasteiger partial charge >= 0.3 is 0 Å². The van der Waals surface area contributed by atoms with Gasteiger partial charge in [-0.3, -0.25) is 9.78 Å². The number of nitrogens with zero attached hydrogens (tertiary/aromatic N) is 1. The molecule has 1 aromatic heterocycles. The zero-order valence-electron chi connectivity index (χ0n) is 12.0. The lowest BCUT2D eigenvalue weighted by Gasteiger charge is -2.23. The normalized spacial score (nSPS) is 22.9. The predicted octanol–water partition coefficient (Wildman–Crippen LogP) is 1.86. The number of carbonyl (C=O) groups is 1. The molecule has 1 heterocycles. The fourth-order valence-corrected chi connectivity index (χ4v) is 2.73. The van der Waals surface area contributed by atoms with Crippen molar-refractivity contribution in [2.75, 3.05) is 6.61 Å². The minimum atomic E-state index is -0.177. The van der Waals surface area contributed by atoms with Crippen molar-refractivity contribution in [1.82, 2.24) is 10.3 Å². The molecule has 0 aromatic carbocycles. The molecule has 1 aromatic rings. The Kier molecular flexibility index (Phi) is 5.75. The van der Waals surface area contributed by atoms with Crippen LogP contribution in [0.3, 0.4) is 0 Å². The van der Waals surface area contributed by atoms with E-state index in [2.05, 4.69) is 10.3 Å². The Morgan fingerprint density at radius 2 is 2.14 bits per heavy atom. The standard InChI is InChI=1S/C16H22N2O3/c19-11-13-4-2-1-3-5-15(13)18-16(21)7-6-12-8-14(20)10-17-9-12/h6-10,13,15,19-20H,1-5,11H2,(H,18,21)/b7-6+. The lowest BCUT2D eigenvalue weighted by molar-refractivity contribution is -0.117. The molecule has 1 amide bonds. The maximum Gasteiger partial charge on any atom is 0.244 e. The van der Waals surface area contributed by atoms with Crippen LogP contribution in [-0.4, -0.2) is 33.8 Å². The van der Waals surface area contributed by atoms with Crippen molar-refractivity contribution < 1.29 is 15.0 Å². The third kappa shape index (κ3) is 4.86. The van der Waals surface area contributed by atoms with Crippen molar-refractivity contribution in [1.29, 1.82) is 0 Å². The largest absolute Gasteiger partial charge is 0.506 e. The minimum Gasteiger partial charge on any atom is -0.506 e. The maximum atomic E-state index is 12.0. The van der Waals surface area contributed by atoms with E-state index >= 15 is 0 Å². The number of pyridine rings is 1. The van der Waals surface area contributed by atoms with Crippen LogP contribution in [0.2, 0.25) is 0 Å². The molecule has 0 spiro atoms. The van der Waals surface area contributed by atoms with Crippen LogP contribution in [0.5, 0.6) is 5.75 Å². The van der Waals surface area contributed by atoms with Crippen molar-refractivity contribution in [3.05, 3.63) is 30.1 Å². The van der Waals surface area contributed by atoms with E-state index < -0.39 is 0 Å². The first-order chi connectivity index (χ1) is 10.2. The summed E-state index contributed by atoms with van der Waals surface area (Å²) in [6, 6.07) is 1.58. The van der Waals surface area contributed by atoms with Gasteiger partial charge in [-0.25, -0.2) is 0 Å². The van der Waals surface area contributed by atoms with Crippen molar-refractivity contribution in [2.24, 2.45) is 5.92 Å². The first kappa shape index (κ1) is 15.5. The molecule has 114 valence electrons. The van der Waals surface area contributed by atoms with Gasteiger partial charge in [0.25, 0.3) is 0 Å². The molecule has 3 N–H and O–H groups in total. The first-order valence-electron chi connectivity index (χ1n) is 7.42. The molecular weight excluding hydrogens is 268 g/mol. The van der Waals surface area contributed by atoms with Crippen molar-refractivity contribution >= 4 is 12.0 Å². The number of hydrogen-bond donors (Lipinski definition) is 3. The molecule has 1 aliphatic carbocycles. The van der Waals surface area contributed by atoms with E-state index in [1.54, 1.807) is 18.3 Å².